The Kier molecular flexibility index (Phi) is 9.59. The molecule has 0 spiro atoms. The maximum Gasteiger partial charge on any atom is 0.222 e. The van der Waals surface area contributed by atoms with Crippen LogP contribution in [0.1, 0.15) is 46.0 Å². The number of ether oxygens (including phenoxy) is 1. The maximum absolute atomic E-state index is 11.5. The molecule has 0 bridgehead atoms. The van der Waals surface area contributed by atoms with Crippen molar-refractivity contribution in [1.29, 1.82) is 0 Å². The van der Waals surface area contributed by atoms with Gasteiger partial charge in [0.25, 0.3) is 0 Å². The number of amides is 1. The maximum atomic E-state index is 11.5. The van der Waals surface area contributed by atoms with Crippen LogP contribution in [0.3, 0.4) is 0 Å². The smallest absolute Gasteiger partial charge is 0.222 e. The summed E-state index contributed by atoms with van der Waals surface area (Å²) >= 11 is 0. The van der Waals surface area contributed by atoms with Gasteiger partial charge in [0.15, 0.2) is 0 Å². The lowest BCUT2D eigenvalue weighted by atomic mass is 10.0. The summed E-state index contributed by atoms with van der Waals surface area (Å²) in [5.74, 6) is 0.355. The van der Waals surface area contributed by atoms with Crippen molar-refractivity contribution in [3.63, 3.8) is 0 Å². The fourth-order valence-electron chi connectivity index (χ4n) is 1.40. The minimum absolute atomic E-state index is 0.160. The van der Waals surface area contributed by atoms with E-state index in [0.29, 0.717) is 0 Å². The summed E-state index contributed by atoms with van der Waals surface area (Å²) in [6.07, 6.45) is 5.31. The molecule has 0 radical (unpaired) electrons. The lowest BCUT2D eigenvalue weighted by Crippen LogP contribution is -2.30. The molecule has 0 aliphatic heterocycles. The number of nitrogens with one attached hydrogen (secondary N) is 1. The standard InChI is InChI=1S/C12H25NO2/c1-4-5-8-11(2)12(14)13-9-6-7-10-15-3/h11H,4-10H2,1-3H3,(H,13,14). The molecule has 0 rings (SSSR count). The first kappa shape index (κ1) is 14.4. The van der Waals surface area contributed by atoms with Crippen molar-refractivity contribution in [2.75, 3.05) is 20.3 Å². The fourth-order valence-corrected chi connectivity index (χ4v) is 1.40. The van der Waals surface area contributed by atoms with Gasteiger partial charge >= 0.3 is 0 Å². The van der Waals surface area contributed by atoms with Gasteiger partial charge in [0.2, 0.25) is 5.91 Å². The molecule has 0 aromatic rings. The molecular formula is C12H25NO2. The predicted octanol–water partition coefficient (Wildman–Crippen LogP) is 2.36. The zero-order valence-electron chi connectivity index (χ0n) is 10.3. The molecule has 0 aliphatic carbocycles. The van der Waals surface area contributed by atoms with Crippen LogP contribution in [-0.2, 0) is 9.53 Å². The molecule has 15 heavy (non-hydrogen) atoms. The van der Waals surface area contributed by atoms with Crippen LogP contribution in [-0.4, -0.2) is 26.2 Å². The molecule has 90 valence electrons. The molecule has 0 aromatic carbocycles. The van der Waals surface area contributed by atoms with Gasteiger partial charge in [-0.25, -0.2) is 0 Å². The van der Waals surface area contributed by atoms with Gasteiger partial charge in [-0.1, -0.05) is 26.7 Å². The highest BCUT2D eigenvalue weighted by Crippen LogP contribution is 2.07. The molecule has 1 amide bonds. The van der Waals surface area contributed by atoms with Crippen LogP contribution in [0.25, 0.3) is 0 Å². The molecule has 1 atom stereocenters. The third-order valence-electron chi connectivity index (χ3n) is 2.51. The third kappa shape index (κ3) is 8.43. The topological polar surface area (TPSA) is 38.3 Å². The molecule has 1 unspecified atom stereocenters. The van der Waals surface area contributed by atoms with Gasteiger partial charge < -0.3 is 10.1 Å². The minimum Gasteiger partial charge on any atom is -0.385 e. The number of unbranched alkanes of at least 4 members (excludes halogenated alkanes) is 2. The largest absolute Gasteiger partial charge is 0.385 e. The van der Waals surface area contributed by atoms with Crippen LogP contribution in [0.15, 0.2) is 0 Å². The first-order valence-electron chi connectivity index (χ1n) is 5.99. The second-order valence-electron chi connectivity index (χ2n) is 4.03. The van der Waals surface area contributed by atoms with Crippen molar-refractivity contribution < 1.29 is 9.53 Å². The van der Waals surface area contributed by atoms with Crippen LogP contribution in [0, 0.1) is 5.92 Å². The van der Waals surface area contributed by atoms with E-state index in [4.69, 9.17) is 4.74 Å². The molecule has 3 heteroatoms. The Morgan fingerprint density at radius 2 is 2.07 bits per heavy atom. The monoisotopic (exact) mass is 215 g/mol. The van der Waals surface area contributed by atoms with Crippen LogP contribution in [0.4, 0.5) is 0 Å². The van der Waals surface area contributed by atoms with Gasteiger partial charge in [-0.2, -0.15) is 0 Å². The normalized spacial score (nSPS) is 12.5. The highest BCUT2D eigenvalue weighted by Gasteiger charge is 2.10. The molecule has 0 aromatic heterocycles. The number of hydrogen-bond donors (Lipinski definition) is 1. The second kappa shape index (κ2) is 9.97. The summed E-state index contributed by atoms with van der Waals surface area (Å²) in [6.45, 7) is 5.70. The van der Waals surface area contributed by atoms with Gasteiger partial charge in [-0.05, 0) is 19.3 Å². The quantitative estimate of drug-likeness (QED) is 0.600. The average molecular weight is 215 g/mol. The van der Waals surface area contributed by atoms with Crippen LogP contribution >= 0.6 is 0 Å². The number of rotatable bonds is 9. The van der Waals surface area contributed by atoms with E-state index in [1.54, 1.807) is 7.11 Å². The SMILES string of the molecule is CCCCC(C)C(=O)NCCCCOC. The van der Waals surface area contributed by atoms with Crippen molar-refractivity contribution in [2.24, 2.45) is 5.92 Å². The lowest BCUT2D eigenvalue weighted by molar-refractivity contribution is -0.124. The highest BCUT2D eigenvalue weighted by atomic mass is 16.5. The van der Waals surface area contributed by atoms with Crippen molar-refractivity contribution in [2.45, 2.75) is 46.0 Å². The summed E-state index contributed by atoms with van der Waals surface area (Å²) in [7, 11) is 1.70. The van der Waals surface area contributed by atoms with Crippen molar-refractivity contribution in [1.82, 2.24) is 5.32 Å². The molecule has 3 nitrogen and oxygen atoms in total. The van der Waals surface area contributed by atoms with E-state index in [0.717, 1.165) is 45.3 Å². The second-order valence-corrected chi connectivity index (χ2v) is 4.03. The fraction of sp³-hybridized carbons (Fsp3) is 0.917. The van der Waals surface area contributed by atoms with E-state index in [-0.39, 0.29) is 11.8 Å². The summed E-state index contributed by atoms with van der Waals surface area (Å²) in [4.78, 5) is 11.5. The van der Waals surface area contributed by atoms with Gasteiger partial charge in [0.05, 0.1) is 0 Å². The number of carbonyl (C=O) groups excluding carboxylic acids is 1. The van der Waals surface area contributed by atoms with Crippen LogP contribution in [0.2, 0.25) is 0 Å². The Hall–Kier alpha value is -0.570. The summed E-state index contributed by atoms with van der Waals surface area (Å²) in [6, 6.07) is 0. The number of hydrogen-bond acceptors (Lipinski definition) is 2. The molecule has 0 fully saturated rings. The molecule has 0 saturated carbocycles. The Labute approximate surface area is 93.6 Å². The van der Waals surface area contributed by atoms with Crippen molar-refractivity contribution in [3.8, 4) is 0 Å². The van der Waals surface area contributed by atoms with Gasteiger partial charge in [-0.15, -0.1) is 0 Å². The van der Waals surface area contributed by atoms with Gasteiger partial charge in [0.1, 0.15) is 0 Å². The zero-order valence-corrected chi connectivity index (χ0v) is 10.3. The summed E-state index contributed by atoms with van der Waals surface area (Å²) in [5, 5.41) is 2.96. The summed E-state index contributed by atoms with van der Waals surface area (Å²) < 4.78 is 4.94. The molecule has 1 N–H and O–H groups in total. The first-order chi connectivity index (χ1) is 7.22. The van der Waals surface area contributed by atoms with E-state index in [9.17, 15) is 4.79 Å². The average Bonchev–Trinajstić information content (AvgIpc) is 2.25. The van der Waals surface area contributed by atoms with E-state index in [1.807, 2.05) is 6.92 Å². The molecule has 0 aliphatic rings. The summed E-state index contributed by atoms with van der Waals surface area (Å²) in [5.41, 5.74) is 0. The van der Waals surface area contributed by atoms with Crippen molar-refractivity contribution >= 4 is 5.91 Å². The Bertz CT molecular complexity index is 160. The molecular weight excluding hydrogens is 190 g/mol. The Morgan fingerprint density at radius 1 is 1.33 bits per heavy atom. The predicted molar refractivity (Wildman–Crippen MR) is 62.8 cm³/mol. The molecule has 0 heterocycles. The third-order valence-corrected chi connectivity index (χ3v) is 2.51. The van der Waals surface area contributed by atoms with Crippen LogP contribution < -0.4 is 5.32 Å². The minimum atomic E-state index is 0.160. The number of carbonyl (C=O) groups is 1. The Morgan fingerprint density at radius 3 is 2.67 bits per heavy atom. The van der Waals surface area contributed by atoms with Gasteiger partial charge in [-0.3, -0.25) is 4.79 Å². The van der Waals surface area contributed by atoms with Crippen LogP contribution in [0.5, 0.6) is 0 Å². The first-order valence-corrected chi connectivity index (χ1v) is 5.99. The van der Waals surface area contributed by atoms with E-state index in [2.05, 4.69) is 12.2 Å². The number of methoxy groups -OCH3 is 1. The molecule has 0 saturated heterocycles. The van der Waals surface area contributed by atoms with E-state index >= 15 is 0 Å². The van der Waals surface area contributed by atoms with E-state index < -0.39 is 0 Å². The Balaban J connectivity index is 3.38. The zero-order chi connectivity index (χ0) is 11.5. The van der Waals surface area contributed by atoms with Gasteiger partial charge in [0, 0.05) is 26.2 Å². The highest BCUT2D eigenvalue weighted by molar-refractivity contribution is 5.78. The lowest BCUT2D eigenvalue weighted by Gasteiger charge is -2.11. The van der Waals surface area contributed by atoms with Crippen molar-refractivity contribution in [3.05, 3.63) is 0 Å². The van der Waals surface area contributed by atoms with E-state index in [1.165, 1.54) is 0 Å².